The number of fused-ring (bicyclic) bond motifs is 2. The van der Waals surface area contributed by atoms with E-state index in [0.29, 0.717) is 0 Å². The zero-order valence-corrected chi connectivity index (χ0v) is 20.8. The Morgan fingerprint density at radius 1 is 0.875 bits per heavy atom. The summed E-state index contributed by atoms with van der Waals surface area (Å²) >= 11 is 1.79. The highest BCUT2D eigenvalue weighted by molar-refractivity contribution is 7.21. The fourth-order valence-corrected chi connectivity index (χ4v) is 6.04. The Hall–Kier alpha value is -2.98. The summed E-state index contributed by atoms with van der Waals surface area (Å²) in [5, 5.41) is 1.10. The van der Waals surface area contributed by atoms with Crippen molar-refractivity contribution in [3.05, 3.63) is 71.3 Å². The quantitative estimate of drug-likeness (QED) is 0.269. The summed E-state index contributed by atoms with van der Waals surface area (Å²) in [6, 6.07) is 19.7. The molecule has 2 aromatic heterocycles. The minimum absolute atomic E-state index is 0.0469. The van der Waals surface area contributed by atoms with Gasteiger partial charge in [-0.15, -0.1) is 11.3 Å². The highest BCUT2D eigenvalue weighted by Gasteiger charge is 2.33. The smallest absolute Gasteiger partial charge is 0.236 e. The van der Waals surface area contributed by atoms with Gasteiger partial charge in [0.2, 0.25) is 0 Å². The van der Waals surface area contributed by atoms with Crippen LogP contribution < -0.4 is 4.57 Å². The molecule has 0 saturated carbocycles. The average Bonchev–Trinajstić information content (AvgIpc) is 3.25. The van der Waals surface area contributed by atoms with E-state index in [9.17, 15) is 0 Å². The minimum atomic E-state index is -0.0469. The minimum Gasteiger partial charge on any atom is -0.236 e. The zero-order chi connectivity index (χ0) is 22.8. The Kier molecular flexibility index (Phi) is 4.75. The van der Waals surface area contributed by atoms with E-state index in [4.69, 9.17) is 4.98 Å². The number of nitrogens with zero attached hydrogens (tertiary/aromatic N) is 3. The van der Waals surface area contributed by atoms with Crippen LogP contribution in [-0.2, 0) is 12.6 Å². The molecular formula is C28H30N3S+. The van der Waals surface area contributed by atoms with Gasteiger partial charge >= 0.3 is 0 Å². The first-order valence-electron chi connectivity index (χ1n) is 11.1. The molecule has 0 atom stereocenters. The molecule has 0 amide bonds. The number of imidazole rings is 1. The SMILES string of the molecule is Cc1cc2nc(-c3c(C)cccc3C)sc2cc1-c1n(C(C)(C)C)c2ccccc2[n+]1C. The molecule has 0 aliphatic carbocycles. The molecule has 0 radical (unpaired) electrons. The molecule has 0 fully saturated rings. The van der Waals surface area contributed by atoms with Crippen molar-refractivity contribution in [3.8, 4) is 22.0 Å². The Bertz CT molecular complexity index is 1470. The molecule has 5 aromatic rings. The number of aryl methyl sites for hydroxylation is 4. The third kappa shape index (κ3) is 3.17. The van der Waals surface area contributed by atoms with Crippen LogP contribution in [0.4, 0.5) is 0 Å². The molecule has 4 heteroatoms. The van der Waals surface area contributed by atoms with Crippen molar-refractivity contribution in [1.29, 1.82) is 0 Å². The third-order valence-electron chi connectivity index (χ3n) is 6.35. The first kappa shape index (κ1) is 20.9. The number of aromatic nitrogens is 3. The van der Waals surface area contributed by atoms with Gasteiger partial charge in [0, 0.05) is 5.56 Å². The van der Waals surface area contributed by atoms with Crippen LogP contribution in [0.5, 0.6) is 0 Å². The van der Waals surface area contributed by atoms with Crippen molar-refractivity contribution in [2.75, 3.05) is 0 Å². The van der Waals surface area contributed by atoms with Crippen LogP contribution in [0.1, 0.15) is 37.5 Å². The largest absolute Gasteiger partial charge is 0.290 e. The number of benzene rings is 3. The Morgan fingerprint density at radius 3 is 2.25 bits per heavy atom. The molecule has 3 nitrogen and oxygen atoms in total. The first-order valence-corrected chi connectivity index (χ1v) is 12.0. The second kappa shape index (κ2) is 7.28. The van der Waals surface area contributed by atoms with Gasteiger partial charge in [-0.1, -0.05) is 30.3 Å². The Balaban J connectivity index is 1.79. The van der Waals surface area contributed by atoms with Gasteiger partial charge in [-0.2, -0.15) is 0 Å². The Labute approximate surface area is 194 Å². The zero-order valence-electron chi connectivity index (χ0n) is 19.9. The molecule has 0 aliphatic rings. The molecule has 5 rings (SSSR count). The van der Waals surface area contributed by atoms with E-state index >= 15 is 0 Å². The van der Waals surface area contributed by atoms with Crippen LogP contribution in [0.2, 0.25) is 0 Å². The molecule has 0 N–H and O–H groups in total. The third-order valence-corrected chi connectivity index (χ3v) is 7.39. The Morgan fingerprint density at radius 2 is 1.56 bits per heavy atom. The normalized spacial score (nSPS) is 12.2. The van der Waals surface area contributed by atoms with Gasteiger partial charge in [0.05, 0.1) is 22.8 Å². The molecule has 32 heavy (non-hydrogen) atoms. The van der Waals surface area contributed by atoms with Crippen LogP contribution in [0.15, 0.2) is 54.6 Å². The summed E-state index contributed by atoms with van der Waals surface area (Å²) < 4.78 is 6.04. The average molecular weight is 441 g/mol. The molecule has 2 heterocycles. The molecule has 3 aromatic carbocycles. The predicted octanol–water partition coefficient (Wildman–Crippen LogP) is 7.09. The van der Waals surface area contributed by atoms with E-state index in [0.717, 1.165) is 10.5 Å². The highest BCUT2D eigenvalue weighted by Crippen LogP contribution is 2.38. The van der Waals surface area contributed by atoms with Crippen molar-refractivity contribution >= 4 is 32.6 Å². The lowest BCUT2D eigenvalue weighted by Gasteiger charge is -2.19. The van der Waals surface area contributed by atoms with Gasteiger partial charge in [-0.3, -0.25) is 0 Å². The summed E-state index contributed by atoms with van der Waals surface area (Å²) in [6.45, 7) is 13.4. The maximum Gasteiger partial charge on any atom is 0.290 e. The standard InChI is InChI=1S/C28H30N3S/c1-17-11-10-12-18(2)25(17)26-29-21-15-19(3)20(16-24(21)32-26)27-30(7)22-13-8-9-14-23(22)31(27)28(4,5)6/h8-16H,1-7H3/q+1. The summed E-state index contributed by atoms with van der Waals surface area (Å²) in [5.74, 6) is 1.24. The second-order valence-electron chi connectivity index (χ2n) is 9.80. The molecule has 0 saturated heterocycles. The van der Waals surface area contributed by atoms with Crippen molar-refractivity contribution in [3.63, 3.8) is 0 Å². The van der Waals surface area contributed by atoms with E-state index < -0.39 is 0 Å². The second-order valence-corrected chi connectivity index (χ2v) is 10.8. The van der Waals surface area contributed by atoms with E-state index in [1.54, 1.807) is 11.3 Å². The van der Waals surface area contributed by atoms with Crippen molar-refractivity contribution in [2.45, 2.75) is 47.1 Å². The molecule has 162 valence electrons. The van der Waals surface area contributed by atoms with Crippen LogP contribution >= 0.6 is 11.3 Å². The van der Waals surface area contributed by atoms with Crippen molar-refractivity contribution < 1.29 is 4.57 Å². The van der Waals surface area contributed by atoms with Crippen LogP contribution in [-0.4, -0.2) is 9.55 Å². The molecule has 0 unspecified atom stereocenters. The monoisotopic (exact) mass is 440 g/mol. The molecule has 0 spiro atoms. The number of thiazole rings is 1. The van der Waals surface area contributed by atoms with E-state index in [1.165, 1.54) is 49.4 Å². The summed E-state index contributed by atoms with van der Waals surface area (Å²) in [4.78, 5) is 5.04. The van der Waals surface area contributed by atoms with Gasteiger partial charge in [-0.25, -0.2) is 14.1 Å². The summed E-state index contributed by atoms with van der Waals surface area (Å²) in [6.07, 6.45) is 0. The van der Waals surface area contributed by atoms with Crippen molar-refractivity contribution in [1.82, 2.24) is 9.55 Å². The van der Waals surface area contributed by atoms with Crippen LogP contribution in [0, 0.1) is 20.8 Å². The summed E-state index contributed by atoms with van der Waals surface area (Å²) in [5.41, 5.74) is 9.88. The van der Waals surface area contributed by atoms with E-state index in [1.807, 2.05) is 0 Å². The van der Waals surface area contributed by atoms with Gasteiger partial charge in [-0.05, 0) is 82.5 Å². The number of rotatable bonds is 2. The lowest BCUT2D eigenvalue weighted by atomic mass is 10.0. The number of hydrogen-bond donors (Lipinski definition) is 0. The number of hydrogen-bond acceptors (Lipinski definition) is 2. The van der Waals surface area contributed by atoms with Crippen LogP contribution in [0.3, 0.4) is 0 Å². The topological polar surface area (TPSA) is 21.7 Å². The van der Waals surface area contributed by atoms with Gasteiger partial charge in [0.1, 0.15) is 10.5 Å². The van der Waals surface area contributed by atoms with Crippen molar-refractivity contribution in [2.24, 2.45) is 7.05 Å². The van der Waals surface area contributed by atoms with E-state index in [-0.39, 0.29) is 5.54 Å². The molecule has 0 aliphatic heterocycles. The maximum absolute atomic E-state index is 5.04. The highest BCUT2D eigenvalue weighted by atomic mass is 32.1. The molecule has 0 bridgehead atoms. The van der Waals surface area contributed by atoms with Gasteiger partial charge in [0.15, 0.2) is 11.0 Å². The lowest BCUT2D eigenvalue weighted by Crippen LogP contribution is -2.33. The van der Waals surface area contributed by atoms with Gasteiger partial charge < -0.3 is 0 Å². The van der Waals surface area contributed by atoms with E-state index in [2.05, 4.69) is 112 Å². The van der Waals surface area contributed by atoms with Crippen LogP contribution in [0.25, 0.3) is 43.2 Å². The molecular weight excluding hydrogens is 410 g/mol. The van der Waals surface area contributed by atoms with Gasteiger partial charge in [0.25, 0.3) is 5.82 Å². The lowest BCUT2D eigenvalue weighted by molar-refractivity contribution is -0.634. The first-order chi connectivity index (χ1) is 15.2. The fraction of sp³-hybridized carbons (Fsp3) is 0.286. The number of para-hydroxylation sites is 2. The summed E-state index contributed by atoms with van der Waals surface area (Å²) in [7, 11) is 2.18. The predicted molar refractivity (Wildman–Crippen MR) is 136 cm³/mol. The maximum atomic E-state index is 5.04. The fourth-order valence-electron chi connectivity index (χ4n) is 4.87.